The minimum absolute atomic E-state index is 0.0898. The number of thiophene rings is 1. The summed E-state index contributed by atoms with van der Waals surface area (Å²) in [6.07, 6.45) is 1.37. The molecule has 0 atom stereocenters. The first-order chi connectivity index (χ1) is 7.72. The van der Waals surface area contributed by atoms with Crippen LogP contribution in [0.25, 0.3) is 10.2 Å². The summed E-state index contributed by atoms with van der Waals surface area (Å²) < 4.78 is 6.59. The molecule has 0 fully saturated rings. The van der Waals surface area contributed by atoms with E-state index in [4.69, 9.17) is 4.74 Å². The van der Waals surface area contributed by atoms with Crippen LogP contribution in [0, 0.1) is 0 Å². The van der Waals surface area contributed by atoms with Crippen molar-refractivity contribution in [3.8, 4) is 0 Å². The molecule has 0 unspecified atom stereocenters. The van der Waals surface area contributed by atoms with Gasteiger partial charge in [0.2, 0.25) is 0 Å². The minimum Gasteiger partial charge on any atom is -0.465 e. The maximum Gasteiger partial charge on any atom is 0.326 e. The molecule has 5 nitrogen and oxygen atoms in total. The Bertz CT molecular complexity index is 573. The first-order valence-corrected chi connectivity index (χ1v) is 5.68. The lowest BCUT2D eigenvalue weighted by atomic mass is 10.4. The highest BCUT2D eigenvalue weighted by Gasteiger charge is 2.08. The van der Waals surface area contributed by atoms with Gasteiger partial charge in [-0.1, -0.05) is 0 Å². The number of carbonyl (C=O) groups is 1. The van der Waals surface area contributed by atoms with Crippen molar-refractivity contribution in [1.29, 1.82) is 0 Å². The van der Waals surface area contributed by atoms with E-state index in [1.165, 1.54) is 22.2 Å². The van der Waals surface area contributed by atoms with Crippen molar-refractivity contribution in [3.63, 3.8) is 0 Å². The summed E-state index contributed by atoms with van der Waals surface area (Å²) in [7, 11) is 0. The van der Waals surface area contributed by atoms with Gasteiger partial charge in [-0.15, -0.1) is 11.3 Å². The molecule has 0 saturated heterocycles. The average Bonchev–Trinajstić information content (AvgIpc) is 2.71. The lowest BCUT2D eigenvalue weighted by Crippen LogP contribution is -2.25. The van der Waals surface area contributed by atoms with Crippen LogP contribution >= 0.6 is 11.3 Å². The molecule has 2 rings (SSSR count). The van der Waals surface area contributed by atoms with E-state index < -0.39 is 5.97 Å². The Hall–Kier alpha value is -1.69. The van der Waals surface area contributed by atoms with Crippen molar-refractivity contribution in [1.82, 2.24) is 9.55 Å². The van der Waals surface area contributed by atoms with E-state index in [1.807, 2.05) is 0 Å². The monoisotopic (exact) mass is 238 g/mol. The van der Waals surface area contributed by atoms with Gasteiger partial charge < -0.3 is 4.74 Å². The molecule has 0 aliphatic rings. The van der Waals surface area contributed by atoms with Crippen LogP contribution in [0.2, 0.25) is 0 Å². The Labute approximate surface area is 95.3 Å². The van der Waals surface area contributed by atoms with Crippen LogP contribution in [0.5, 0.6) is 0 Å². The van der Waals surface area contributed by atoms with Crippen LogP contribution in [-0.2, 0) is 16.1 Å². The van der Waals surface area contributed by atoms with E-state index in [0.29, 0.717) is 16.8 Å². The van der Waals surface area contributed by atoms with Gasteiger partial charge in [0.15, 0.2) is 0 Å². The highest BCUT2D eigenvalue weighted by Crippen LogP contribution is 2.12. The van der Waals surface area contributed by atoms with E-state index in [0.717, 1.165) is 0 Å². The first-order valence-electron chi connectivity index (χ1n) is 4.80. The molecule has 0 amide bonds. The van der Waals surface area contributed by atoms with Crippen molar-refractivity contribution < 1.29 is 9.53 Å². The summed E-state index contributed by atoms with van der Waals surface area (Å²) in [4.78, 5) is 27.2. The minimum atomic E-state index is -0.428. The Morgan fingerprint density at radius 2 is 2.44 bits per heavy atom. The SMILES string of the molecule is CCOC(=O)Cn1cnc2ccsc2c1=O. The second-order valence-electron chi connectivity index (χ2n) is 3.12. The van der Waals surface area contributed by atoms with Gasteiger partial charge in [0.05, 0.1) is 18.5 Å². The number of rotatable bonds is 3. The molecule has 0 saturated carbocycles. The smallest absolute Gasteiger partial charge is 0.326 e. The Balaban J connectivity index is 2.34. The topological polar surface area (TPSA) is 61.2 Å². The maximum atomic E-state index is 11.9. The second-order valence-corrected chi connectivity index (χ2v) is 4.03. The van der Waals surface area contributed by atoms with Crippen molar-refractivity contribution in [2.75, 3.05) is 6.61 Å². The largest absolute Gasteiger partial charge is 0.465 e. The summed E-state index contributed by atoms with van der Waals surface area (Å²) in [5, 5.41) is 1.80. The van der Waals surface area contributed by atoms with Crippen LogP contribution in [0.15, 0.2) is 22.6 Å². The summed E-state index contributed by atoms with van der Waals surface area (Å²) in [5.74, 6) is -0.428. The maximum absolute atomic E-state index is 11.9. The quantitative estimate of drug-likeness (QED) is 0.749. The molecule has 2 aromatic rings. The number of ether oxygens (including phenoxy) is 1. The number of esters is 1. The third-order valence-electron chi connectivity index (χ3n) is 2.04. The number of carbonyl (C=O) groups excluding carboxylic acids is 1. The second kappa shape index (κ2) is 4.44. The van der Waals surface area contributed by atoms with E-state index >= 15 is 0 Å². The molecular formula is C10H10N2O3S. The van der Waals surface area contributed by atoms with Gasteiger partial charge in [0, 0.05) is 0 Å². The average molecular weight is 238 g/mol. The van der Waals surface area contributed by atoms with Crippen molar-refractivity contribution >= 4 is 27.5 Å². The third kappa shape index (κ3) is 1.96. The third-order valence-corrected chi connectivity index (χ3v) is 2.93. The molecule has 16 heavy (non-hydrogen) atoms. The molecule has 0 aliphatic carbocycles. The van der Waals surface area contributed by atoms with Gasteiger partial charge in [0.1, 0.15) is 11.2 Å². The van der Waals surface area contributed by atoms with Crippen LogP contribution in [0.1, 0.15) is 6.92 Å². The summed E-state index contributed by atoms with van der Waals surface area (Å²) in [5.41, 5.74) is 0.461. The number of fused-ring (bicyclic) bond motifs is 1. The standard InChI is InChI=1S/C10H10N2O3S/c1-2-15-8(13)5-12-6-11-7-3-4-16-9(7)10(12)14/h3-4,6H,2,5H2,1H3. The molecule has 84 valence electrons. The molecule has 2 heterocycles. The van der Waals surface area contributed by atoms with Crippen LogP contribution in [0.3, 0.4) is 0 Å². The van der Waals surface area contributed by atoms with Crippen LogP contribution < -0.4 is 5.56 Å². The van der Waals surface area contributed by atoms with Crippen molar-refractivity contribution in [2.45, 2.75) is 13.5 Å². The van der Waals surface area contributed by atoms with Crippen LogP contribution in [-0.4, -0.2) is 22.1 Å². The fourth-order valence-electron chi connectivity index (χ4n) is 1.34. The van der Waals surface area contributed by atoms with E-state index in [2.05, 4.69) is 4.98 Å². The van der Waals surface area contributed by atoms with Gasteiger partial charge in [0.25, 0.3) is 5.56 Å². The van der Waals surface area contributed by atoms with E-state index in [9.17, 15) is 9.59 Å². The first kappa shape index (κ1) is 10.8. The lowest BCUT2D eigenvalue weighted by molar-refractivity contribution is -0.143. The molecule has 0 aromatic carbocycles. The molecule has 0 aliphatic heterocycles. The fraction of sp³-hybridized carbons (Fsp3) is 0.300. The normalized spacial score (nSPS) is 10.6. The summed E-state index contributed by atoms with van der Waals surface area (Å²) >= 11 is 1.32. The van der Waals surface area contributed by atoms with Gasteiger partial charge in [-0.25, -0.2) is 4.98 Å². The highest BCUT2D eigenvalue weighted by molar-refractivity contribution is 7.17. The van der Waals surface area contributed by atoms with Crippen molar-refractivity contribution in [3.05, 3.63) is 28.1 Å². The lowest BCUT2D eigenvalue weighted by Gasteiger charge is -2.04. The Morgan fingerprint density at radius 1 is 1.62 bits per heavy atom. The highest BCUT2D eigenvalue weighted by atomic mass is 32.1. The molecule has 0 spiro atoms. The summed E-state index contributed by atoms with van der Waals surface area (Å²) in [6, 6.07) is 1.77. The number of hydrogen-bond donors (Lipinski definition) is 0. The summed E-state index contributed by atoms with van der Waals surface area (Å²) in [6.45, 7) is 1.94. The Morgan fingerprint density at radius 3 is 3.19 bits per heavy atom. The molecule has 2 aromatic heterocycles. The van der Waals surface area contributed by atoms with Gasteiger partial charge in [-0.05, 0) is 18.4 Å². The molecule has 6 heteroatoms. The van der Waals surface area contributed by atoms with Gasteiger partial charge >= 0.3 is 5.97 Å². The predicted octanol–water partition coefficient (Wildman–Crippen LogP) is 1.02. The van der Waals surface area contributed by atoms with Crippen molar-refractivity contribution in [2.24, 2.45) is 0 Å². The van der Waals surface area contributed by atoms with E-state index in [1.54, 1.807) is 18.4 Å². The zero-order valence-corrected chi connectivity index (χ0v) is 9.49. The zero-order valence-electron chi connectivity index (χ0n) is 8.67. The number of hydrogen-bond acceptors (Lipinski definition) is 5. The number of nitrogens with zero attached hydrogens (tertiary/aromatic N) is 2. The van der Waals surface area contributed by atoms with E-state index in [-0.39, 0.29) is 12.1 Å². The number of aromatic nitrogens is 2. The Kier molecular flexibility index (Phi) is 3.00. The molecular weight excluding hydrogens is 228 g/mol. The van der Waals surface area contributed by atoms with Gasteiger partial charge in [-0.2, -0.15) is 0 Å². The van der Waals surface area contributed by atoms with Crippen LogP contribution in [0.4, 0.5) is 0 Å². The fourth-order valence-corrected chi connectivity index (χ4v) is 2.13. The molecule has 0 bridgehead atoms. The van der Waals surface area contributed by atoms with Gasteiger partial charge in [-0.3, -0.25) is 14.2 Å². The molecule has 0 radical (unpaired) electrons. The predicted molar refractivity (Wildman–Crippen MR) is 60.5 cm³/mol. The molecule has 0 N–H and O–H groups in total. The zero-order chi connectivity index (χ0) is 11.5.